The summed E-state index contributed by atoms with van der Waals surface area (Å²) < 4.78 is 7.54. The standard InChI is InChI=1S/C17H12ClNO2/c18-13-3-1-5-17(11-13)21-16-8-6-14(7-9-16)19-10-2-4-15(19)12-20/h1-12H. The van der Waals surface area contributed by atoms with Gasteiger partial charge in [-0.3, -0.25) is 4.79 Å². The van der Waals surface area contributed by atoms with E-state index in [1.165, 1.54) is 0 Å². The second kappa shape index (κ2) is 5.85. The van der Waals surface area contributed by atoms with Gasteiger partial charge in [0.15, 0.2) is 6.29 Å². The van der Waals surface area contributed by atoms with E-state index in [9.17, 15) is 4.79 Å². The number of rotatable bonds is 4. The molecule has 0 aliphatic carbocycles. The van der Waals surface area contributed by atoms with Gasteiger partial charge in [-0.25, -0.2) is 0 Å². The summed E-state index contributed by atoms with van der Waals surface area (Å²) in [5, 5.41) is 0.632. The Labute approximate surface area is 127 Å². The van der Waals surface area contributed by atoms with Gasteiger partial charge in [-0.15, -0.1) is 0 Å². The maximum absolute atomic E-state index is 10.9. The molecule has 0 N–H and O–H groups in total. The average Bonchev–Trinajstić information content (AvgIpc) is 2.96. The first-order chi connectivity index (χ1) is 10.3. The molecule has 3 rings (SSSR count). The summed E-state index contributed by atoms with van der Waals surface area (Å²) in [5.41, 5.74) is 1.51. The van der Waals surface area contributed by atoms with Crippen LogP contribution in [0.25, 0.3) is 5.69 Å². The quantitative estimate of drug-likeness (QED) is 0.652. The van der Waals surface area contributed by atoms with Crippen LogP contribution in [0.2, 0.25) is 5.02 Å². The lowest BCUT2D eigenvalue weighted by atomic mass is 10.3. The molecule has 0 radical (unpaired) electrons. The molecular formula is C17H12ClNO2. The van der Waals surface area contributed by atoms with Crippen LogP contribution in [0.15, 0.2) is 66.9 Å². The van der Waals surface area contributed by atoms with E-state index in [1.54, 1.807) is 18.2 Å². The van der Waals surface area contributed by atoms with Crippen molar-refractivity contribution in [1.82, 2.24) is 4.57 Å². The molecule has 0 amide bonds. The summed E-state index contributed by atoms with van der Waals surface area (Å²) in [5.74, 6) is 1.39. The molecule has 0 fully saturated rings. The van der Waals surface area contributed by atoms with Gasteiger partial charge in [0.25, 0.3) is 0 Å². The number of ether oxygens (including phenoxy) is 1. The molecule has 2 aromatic carbocycles. The number of nitrogens with zero attached hydrogens (tertiary/aromatic N) is 1. The summed E-state index contributed by atoms with van der Waals surface area (Å²) in [4.78, 5) is 10.9. The zero-order chi connectivity index (χ0) is 14.7. The molecule has 1 aromatic heterocycles. The van der Waals surface area contributed by atoms with Crippen LogP contribution in [0.1, 0.15) is 10.5 Å². The van der Waals surface area contributed by atoms with Gasteiger partial charge in [-0.2, -0.15) is 0 Å². The third-order valence-electron chi connectivity index (χ3n) is 3.05. The Kier molecular flexibility index (Phi) is 3.75. The van der Waals surface area contributed by atoms with Crippen LogP contribution in [-0.2, 0) is 0 Å². The third-order valence-corrected chi connectivity index (χ3v) is 3.28. The predicted octanol–water partition coefficient (Wildman–Crippen LogP) is 4.74. The van der Waals surface area contributed by atoms with Crippen molar-refractivity contribution in [2.45, 2.75) is 0 Å². The van der Waals surface area contributed by atoms with Crippen LogP contribution in [0.3, 0.4) is 0 Å². The number of aromatic nitrogens is 1. The van der Waals surface area contributed by atoms with Crippen molar-refractivity contribution in [3.05, 3.63) is 77.6 Å². The first kappa shape index (κ1) is 13.5. The van der Waals surface area contributed by atoms with Crippen LogP contribution >= 0.6 is 11.6 Å². The fourth-order valence-corrected chi connectivity index (χ4v) is 2.25. The molecular weight excluding hydrogens is 286 g/mol. The normalized spacial score (nSPS) is 10.3. The van der Waals surface area contributed by atoms with Crippen LogP contribution < -0.4 is 4.74 Å². The zero-order valence-electron chi connectivity index (χ0n) is 11.1. The van der Waals surface area contributed by atoms with Gasteiger partial charge in [0.1, 0.15) is 11.5 Å². The third kappa shape index (κ3) is 2.98. The van der Waals surface area contributed by atoms with E-state index in [0.29, 0.717) is 22.2 Å². The lowest BCUT2D eigenvalue weighted by Crippen LogP contribution is -1.97. The Bertz CT molecular complexity index is 762. The maximum atomic E-state index is 10.9. The Balaban J connectivity index is 1.83. The van der Waals surface area contributed by atoms with E-state index >= 15 is 0 Å². The van der Waals surface area contributed by atoms with E-state index < -0.39 is 0 Å². The van der Waals surface area contributed by atoms with Gasteiger partial charge >= 0.3 is 0 Å². The van der Waals surface area contributed by atoms with E-state index in [0.717, 1.165) is 12.0 Å². The van der Waals surface area contributed by atoms with Crippen LogP contribution in [-0.4, -0.2) is 10.9 Å². The minimum atomic E-state index is 0.610. The van der Waals surface area contributed by atoms with Crippen molar-refractivity contribution in [3.63, 3.8) is 0 Å². The molecule has 0 aliphatic rings. The number of halogens is 1. The molecule has 0 unspecified atom stereocenters. The van der Waals surface area contributed by atoms with Crippen molar-refractivity contribution in [2.75, 3.05) is 0 Å². The Morgan fingerprint density at radius 3 is 2.48 bits per heavy atom. The molecule has 4 heteroatoms. The summed E-state index contributed by atoms with van der Waals surface area (Å²) in [6.07, 6.45) is 2.67. The van der Waals surface area contributed by atoms with Gasteiger partial charge in [-0.1, -0.05) is 17.7 Å². The average molecular weight is 298 g/mol. The number of hydrogen-bond acceptors (Lipinski definition) is 2. The van der Waals surface area contributed by atoms with E-state index in [2.05, 4.69) is 0 Å². The number of benzene rings is 2. The number of carbonyl (C=O) groups is 1. The summed E-state index contributed by atoms with van der Waals surface area (Å²) in [6, 6.07) is 18.3. The maximum Gasteiger partial charge on any atom is 0.166 e. The van der Waals surface area contributed by atoms with Gasteiger partial charge in [-0.05, 0) is 54.6 Å². The second-order valence-electron chi connectivity index (χ2n) is 4.47. The van der Waals surface area contributed by atoms with Crippen molar-refractivity contribution in [2.24, 2.45) is 0 Å². The molecule has 0 aliphatic heterocycles. The lowest BCUT2D eigenvalue weighted by Gasteiger charge is -2.08. The van der Waals surface area contributed by atoms with Gasteiger partial charge in [0.05, 0.1) is 5.69 Å². The van der Waals surface area contributed by atoms with Crippen molar-refractivity contribution >= 4 is 17.9 Å². The number of hydrogen-bond donors (Lipinski definition) is 0. The first-order valence-corrected chi connectivity index (χ1v) is 6.80. The van der Waals surface area contributed by atoms with Crippen molar-refractivity contribution < 1.29 is 9.53 Å². The van der Waals surface area contributed by atoms with Gasteiger partial charge in [0, 0.05) is 16.9 Å². The van der Waals surface area contributed by atoms with Crippen molar-refractivity contribution in [3.8, 4) is 17.2 Å². The van der Waals surface area contributed by atoms with Crippen LogP contribution in [0.5, 0.6) is 11.5 Å². The lowest BCUT2D eigenvalue weighted by molar-refractivity contribution is 0.111. The van der Waals surface area contributed by atoms with E-state index in [-0.39, 0.29) is 0 Å². The van der Waals surface area contributed by atoms with Crippen LogP contribution in [0.4, 0.5) is 0 Å². The highest BCUT2D eigenvalue weighted by Crippen LogP contribution is 2.25. The van der Waals surface area contributed by atoms with Gasteiger partial charge < -0.3 is 9.30 Å². The summed E-state index contributed by atoms with van der Waals surface area (Å²) in [6.45, 7) is 0. The Morgan fingerprint density at radius 2 is 1.76 bits per heavy atom. The molecule has 21 heavy (non-hydrogen) atoms. The molecule has 0 saturated carbocycles. The van der Waals surface area contributed by atoms with Crippen molar-refractivity contribution in [1.29, 1.82) is 0 Å². The highest BCUT2D eigenvalue weighted by Gasteiger charge is 2.03. The fourth-order valence-electron chi connectivity index (χ4n) is 2.07. The molecule has 1 heterocycles. The SMILES string of the molecule is O=Cc1cccn1-c1ccc(Oc2cccc(Cl)c2)cc1. The topological polar surface area (TPSA) is 31.2 Å². The zero-order valence-corrected chi connectivity index (χ0v) is 11.8. The molecule has 3 nitrogen and oxygen atoms in total. The molecule has 104 valence electrons. The van der Waals surface area contributed by atoms with E-state index in [4.69, 9.17) is 16.3 Å². The van der Waals surface area contributed by atoms with E-state index in [1.807, 2.05) is 53.2 Å². The predicted molar refractivity (Wildman–Crippen MR) is 82.7 cm³/mol. The minimum absolute atomic E-state index is 0.610. The minimum Gasteiger partial charge on any atom is -0.457 e. The molecule has 0 atom stereocenters. The second-order valence-corrected chi connectivity index (χ2v) is 4.91. The summed E-state index contributed by atoms with van der Waals surface area (Å²) >= 11 is 5.92. The highest BCUT2D eigenvalue weighted by atomic mass is 35.5. The molecule has 0 spiro atoms. The highest BCUT2D eigenvalue weighted by molar-refractivity contribution is 6.30. The Hall–Kier alpha value is -2.52. The molecule has 0 bridgehead atoms. The van der Waals surface area contributed by atoms with Crippen LogP contribution in [0, 0.1) is 0 Å². The Morgan fingerprint density at radius 1 is 0.952 bits per heavy atom. The van der Waals surface area contributed by atoms with Gasteiger partial charge in [0.2, 0.25) is 0 Å². The summed E-state index contributed by atoms with van der Waals surface area (Å²) in [7, 11) is 0. The number of aldehydes is 1. The number of carbonyl (C=O) groups excluding carboxylic acids is 1. The first-order valence-electron chi connectivity index (χ1n) is 6.43. The molecule has 3 aromatic rings. The fraction of sp³-hybridized carbons (Fsp3) is 0. The molecule has 0 saturated heterocycles. The largest absolute Gasteiger partial charge is 0.457 e. The monoisotopic (exact) mass is 297 g/mol. The smallest absolute Gasteiger partial charge is 0.166 e.